The highest BCUT2D eigenvalue weighted by molar-refractivity contribution is 6.31. The minimum atomic E-state index is -2.36. The summed E-state index contributed by atoms with van der Waals surface area (Å²) in [5.41, 5.74) is -6.65. The van der Waals surface area contributed by atoms with E-state index in [0.717, 1.165) is 0 Å². The lowest BCUT2D eigenvalue weighted by Gasteiger charge is -2.51. The summed E-state index contributed by atoms with van der Waals surface area (Å²) >= 11 is 0. The number of hydrogen-bond donors (Lipinski definition) is 6. The van der Waals surface area contributed by atoms with Crippen molar-refractivity contribution in [1.82, 2.24) is 5.32 Å². The SMILES string of the molecule is COc1cccc2c1C(=O)c1c(O)c3c(c(O)c1C2=O)C[C@@](O)(C(=O)CO)C[C@@H]3OC1COC(C)C(O)C1NC(=O)C(C)(C)C(C)(C)C(C)(C)OC. The topological polar surface area (TPSA) is 218 Å². The number of aliphatic hydroxyl groups is 3. The summed E-state index contributed by atoms with van der Waals surface area (Å²) in [6.45, 7) is 11.3. The fraction of sp³-hybridized carbons (Fsp3) is 0.579. The number of aliphatic hydroxyl groups excluding tert-OH is 2. The van der Waals surface area contributed by atoms with Gasteiger partial charge in [-0.05, 0) is 26.8 Å². The van der Waals surface area contributed by atoms with Gasteiger partial charge >= 0.3 is 0 Å². The summed E-state index contributed by atoms with van der Waals surface area (Å²) in [6.07, 6.45) is -5.95. The second kappa shape index (κ2) is 13.5. The number of methoxy groups -OCH3 is 2. The van der Waals surface area contributed by atoms with Crippen LogP contribution in [0.25, 0.3) is 0 Å². The van der Waals surface area contributed by atoms with Crippen LogP contribution in [0.15, 0.2) is 18.2 Å². The van der Waals surface area contributed by atoms with Gasteiger partial charge < -0.3 is 49.8 Å². The molecule has 1 amide bonds. The van der Waals surface area contributed by atoms with E-state index < -0.39 is 118 Å². The van der Waals surface area contributed by atoms with Crippen molar-refractivity contribution in [3.8, 4) is 17.2 Å². The molecule has 0 bridgehead atoms. The third-order valence-corrected chi connectivity index (χ3v) is 12.3. The summed E-state index contributed by atoms with van der Waals surface area (Å²) in [5, 5.41) is 59.3. The van der Waals surface area contributed by atoms with Gasteiger partial charge in [0.15, 0.2) is 11.6 Å². The molecule has 5 rings (SSSR count). The number of carbonyl (C=O) groups excluding carboxylic acids is 4. The predicted molar refractivity (Wildman–Crippen MR) is 185 cm³/mol. The lowest BCUT2D eigenvalue weighted by Crippen LogP contribution is -2.64. The molecular weight excluding hydrogens is 678 g/mol. The van der Waals surface area contributed by atoms with Crippen LogP contribution < -0.4 is 10.1 Å². The number of fused-ring (bicyclic) bond motifs is 3. The Morgan fingerprint density at radius 1 is 1.00 bits per heavy atom. The predicted octanol–water partition coefficient (Wildman–Crippen LogP) is 2.29. The monoisotopic (exact) mass is 727 g/mol. The molecule has 4 unspecified atom stereocenters. The molecule has 14 heteroatoms. The summed E-state index contributed by atoms with van der Waals surface area (Å²) < 4.78 is 23.3. The summed E-state index contributed by atoms with van der Waals surface area (Å²) in [4.78, 5) is 54.9. The molecule has 0 radical (unpaired) electrons. The molecule has 2 aliphatic carbocycles. The molecule has 14 nitrogen and oxygen atoms in total. The number of amides is 1. The van der Waals surface area contributed by atoms with E-state index in [1.807, 2.05) is 27.7 Å². The van der Waals surface area contributed by atoms with Crippen molar-refractivity contribution >= 4 is 23.3 Å². The molecule has 1 heterocycles. The number of phenols is 2. The van der Waals surface area contributed by atoms with Crippen molar-refractivity contribution < 1.29 is 63.7 Å². The molecular formula is C38H49NO13. The van der Waals surface area contributed by atoms with Gasteiger partial charge in [0.2, 0.25) is 11.7 Å². The van der Waals surface area contributed by atoms with Crippen LogP contribution in [0.2, 0.25) is 0 Å². The van der Waals surface area contributed by atoms with Gasteiger partial charge in [0, 0.05) is 42.1 Å². The van der Waals surface area contributed by atoms with Crippen LogP contribution in [0.1, 0.15) is 104 Å². The van der Waals surface area contributed by atoms with Crippen molar-refractivity contribution in [3.63, 3.8) is 0 Å². The number of carbonyl (C=O) groups is 4. The van der Waals surface area contributed by atoms with E-state index in [-0.39, 0.29) is 34.6 Å². The molecule has 6 N–H and O–H groups in total. The number of aromatic hydroxyl groups is 2. The summed E-state index contributed by atoms with van der Waals surface area (Å²) in [7, 11) is 2.87. The van der Waals surface area contributed by atoms with Gasteiger partial charge in [0.25, 0.3) is 0 Å². The molecule has 2 aromatic rings. The number of Topliss-reactive ketones (excluding diaryl/α,β-unsaturated/α-hetero) is 1. The number of rotatable bonds is 10. The maximum absolute atomic E-state index is 14.1. The number of benzene rings is 2. The highest BCUT2D eigenvalue weighted by Crippen LogP contribution is 2.53. The van der Waals surface area contributed by atoms with Gasteiger partial charge in [-0.3, -0.25) is 19.2 Å². The average molecular weight is 728 g/mol. The Hall–Kier alpha value is -3.92. The Labute approximate surface area is 302 Å². The summed E-state index contributed by atoms with van der Waals surface area (Å²) in [6, 6.07) is 3.20. The van der Waals surface area contributed by atoms with E-state index in [1.165, 1.54) is 25.3 Å². The number of nitrogens with one attached hydrogen (secondary N) is 1. The highest BCUT2D eigenvalue weighted by Gasteiger charge is 2.55. The lowest BCUT2D eigenvalue weighted by molar-refractivity contribution is -0.188. The summed E-state index contributed by atoms with van der Waals surface area (Å²) in [5.74, 6) is -4.51. The largest absolute Gasteiger partial charge is 0.507 e. The maximum Gasteiger partial charge on any atom is 0.226 e. The van der Waals surface area contributed by atoms with Crippen molar-refractivity contribution in [2.24, 2.45) is 10.8 Å². The third-order valence-electron chi connectivity index (χ3n) is 12.3. The first kappa shape index (κ1) is 39.3. The van der Waals surface area contributed by atoms with E-state index in [9.17, 15) is 44.7 Å². The molecule has 0 aromatic heterocycles. The number of hydrogen-bond acceptors (Lipinski definition) is 13. The van der Waals surface area contributed by atoms with Crippen LogP contribution in [-0.4, -0.2) is 112 Å². The molecule has 3 aliphatic rings. The van der Waals surface area contributed by atoms with Crippen molar-refractivity contribution in [3.05, 3.63) is 51.6 Å². The Morgan fingerprint density at radius 2 is 1.63 bits per heavy atom. The molecule has 0 saturated carbocycles. The average Bonchev–Trinajstić information content (AvgIpc) is 3.10. The standard InChI is InChI=1S/C38H49NO13/c1-17-29(42)28(39-34(47)35(2,3)36(4,5)37(6,7)50-9)22(16-51-17)52-21-14-38(48,23(41)15-40)13-19-25(21)33(46)27-26(31(19)44)30(43)18-11-10-12-20(49-8)24(18)32(27)45/h10-12,17,21-22,28-29,40,42,44,46,48H,13-16H2,1-9H3,(H,39,47)/t17?,21-,22?,28?,29?,38-/m0/s1. The van der Waals surface area contributed by atoms with Gasteiger partial charge in [0.05, 0.1) is 59.7 Å². The number of ether oxygens (including phenoxy) is 4. The zero-order chi connectivity index (χ0) is 38.9. The van der Waals surface area contributed by atoms with Gasteiger partial charge in [-0.2, -0.15) is 0 Å². The molecule has 1 saturated heterocycles. The minimum absolute atomic E-state index is 0.0647. The highest BCUT2D eigenvalue weighted by atomic mass is 16.6. The minimum Gasteiger partial charge on any atom is -0.507 e. The third kappa shape index (κ3) is 5.89. The Morgan fingerprint density at radius 3 is 2.23 bits per heavy atom. The normalized spacial score (nSPS) is 26.3. The van der Waals surface area contributed by atoms with Crippen molar-refractivity contribution in [2.75, 3.05) is 27.4 Å². The van der Waals surface area contributed by atoms with Gasteiger partial charge in [-0.15, -0.1) is 0 Å². The molecule has 1 aliphatic heterocycles. The van der Waals surface area contributed by atoms with Gasteiger partial charge in [-0.25, -0.2) is 0 Å². The Bertz CT molecular complexity index is 1810. The van der Waals surface area contributed by atoms with Gasteiger partial charge in [-0.1, -0.05) is 39.8 Å². The fourth-order valence-electron chi connectivity index (χ4n) is 7.49. The first-order valence-electron chi connectivity index (χ1n) is 17.2. The lowest BCUT2D eigenvalue weighted by atomic mass is 9.59. The van der Waals surface area contributed by atoms with Crippen LogP contribution in [0.4, 0.5) is 0 Å². The zero-order valence-electron chi connectivity index (χ0n) is 30.9. The Balaban J connectivity index is 1.62. The Kier molecular flexibility index (Phi) is 10.2. The molecule has 0 spiro atoms. The molecule has 6 atom stereocenters. The molecule has 2 aromatic carbocycles. The molecule has 52 heavy (non-hydrogen) atoms. The van der Waals surface area contributed by atoms with E-state index in [4.69, 9.17) is 18.9 Å². The van der Waals surface area contributed by atoms with E-state index in [1.54, 1.807) is 27.9 Å². The molecule has 1 fully saturated rings. The smallest absolute Gasteiger partial charge is 0.226 e. The first-order chi connectivity index (χ1) is 24.1. The van der Waals surface area contributed by atoms with Crippen molar-refractivity contribution in [2.45, 2.75) is 103 Å². The molecule has 284 valence electrons. The zero-order valence-corrected chi connectivity index (χ0v) is 30.9. The van der Waals surface area contributed by atoms with Crippen LogP contribution in [0, 0.1) is 10.8 Å². The first-order valence-corrected chi connectivity index (χ1v) is 17.2. The van der Waals surface area contributed by atoms with Crippen LogP contribution in [0.5, 0.6) is 17.2 Å². The van der Waals surface area contributed by atoms with Crippen LogP contribution in [0.3, 0.4) is 0 Å². The quantitative estimate of drug-likeness (QED) is 0.165. The van der Waals surface area contributed by atoms with Crippen LogP contribution >= 0.6 is 0 Å². The second-order valence-electron chi connectivity index (χ2n) is 15.5. The maximum atomic E-state index is 14.1. The van der Waals surface area contributed by atoms with Gasteiger partial charge in [0.1, 0.15) is 41.7 Å². The van der Waals surface area contributed by atoms with E-state index in [0.29, 0.717) is 0 Å². The van der Waals surface area contributed by atoms with E-state index >= 15 is 0 Å². The number of phenolic OH excluding ortho intramolecular Hbond substituents is 2. The second-order valence-corrected chi connectivity index (χ2v) is 15.5. The van der Waals surface area contributed by atoms with Crippen molar-refractivity contribution in [1.29, 1.82) is 0 Å². The fourth-order valence-corrected chi connectivity index (χ4v) is 7.49. The van der Waals surface area contributed by atoms with E-state index in [2.05, 4.69) is 5.32 Å². The van der Waals surface area contributed by atoms with Crippen LogP contribution in [-0.2, 0) is 30.2 Å². The number of ketones is 3.